The van der Waals surface area contributed by atoms with Gasteiger partial charge >= 0.3 is 0 Å². The van der Waals surface area contributed by atoms with Crippen LogP contribution in [0.15, 0.2) is 47.0 Å². The van der Waals surface area contributed by atoms with Crippen LogP contribution in [0.25, 0.3) is 11.3 Å². The topological polar surface area (TPSA) is 75.4 Å². The van der Waals surface area contributed by atoms with Gasteiger partial charge in [0.05, 0.1) is 15.8 Å². The second-order valence-electron chi connectivity index (χ2n) is 6.51. The van der Waals surface area contributed by atoms with E-state index in [-0.39, 0.29) is 18.4 Å². The minimum absolute atomic E-state index is 0.172. The summed E-state index contributed by atoms with van der Waals surface area (Å²) in [5, 5.41) is 6.86. The number of anilines is 1. The first kappa shape index (κ1) is 18.7. The Labute approximate surface area is 171 Å². The fraction of sp³-hybridized carbons (Fsp3) is 0.250. The van der Waals surface area contributed by atoms with Crippen molar-refractivity contribution in [2.75, 3.05) is 11.4 Å². The van der Waals surface area contributed by atoms with Gasteiger partial charge in [0, 0.05) is 30.3 Å². The van der Waals surface area contributed by atoms with Crippen LogP contribution < -0.4 is 10.2 Å². The summed E-state index contributed by atoms with van der Waals surface area (Å²) >= 11 is 7.08. The second kappa shape index (κ2) is 8.16. The van der Waals surface area contributed by atoms with E-state index in [1.807, 2.05) is 29.2 Å². The lowest BCUT2D eigenvalue weighted by molar-refractivity contribution is -0.119. The number of halogens is 1. The molecule has 3 aromatic rings. The lowest BCUT2D eigenvalue weighted by atomic mass is 10.1. The van der Waals surface area contributed by atoms with Crippen LogP contribution in [0.3, 0.4) is 0 Å². The van der Waals surface area contributed by atoms with Crippen molar-refractivity contribution in [2.45, 2.75) is 25.8 Å². The summed E-state index contributed by atoms with van der Waals surface area (Å²) in [6.45, 7) is 1.00. The van der Waals surface area contributed by atoms with Crippen molar-refractivity contribution in [3.8, 4) is 11.3 Å². The molecule has 1 aromatic carbocycles. The third-order valence-electron chi connectivity index (χ3n) is 4.58. The molecule has 2 aromatic heterocycles. The van der Waals surface area contributed by atoms with Gasteiger partial charge in [-0.1, -0.05) is 28.9 Å². The molecule has 28 heavy (non-hydrogen) atoms. The maximum atomic E-state index is 12.1. The molecule has 1 aliphatic rings. The van der Waals surface area contributed by atoms with E-state index in [9.17, 15) is 9.59 Å². The average Bonchev–Trinajstić information content (AvgIpc) is 3.36. The zero-order valence-electron chi connectivity index (χ0n) is 15.0. The van der Waals surface area contributed by atoms with Crippen molar-refractivity contribution in [1.82, 2.24) is 10.5 Å². The number of hydrogen-bond donors (Lipinski definition) is 1. The summed E-state index contributed by atoms with van der Waals surface area (Å²) in [6.07, 6.45) is 2.60. The van der Waals surface area contributed by atoms with Crippen molar-refractivity contribution in [2.24, 2.45) is 0 Å². The molecule has 8 heteroatoms. The van der Waals surface area contributed by atoms with E-state index in [1.54, 1.807) is 18.2 Å². The monoisotopic (exact) mass is 415 g/mol. The Morgan fingerprint density at radius 3 is 2.75 bits per heavy atom. The van der Waals surface area contributed by atoms with Crippen molar-refractivity contribution in [1.29, 1.82) is 0 Å². The van der Waals surface area contributed by atoms with Crippen molar-refractivity contribution >= 4 is 40.4 Å². The van der Waals surface area contributed by atoms with Crippen LogP contribution in [0.4, 0.5) is 5.69 Å². The molecule has 1 fully saturated rings. The normalized spacial score (nSPS) is 14.3. The third-order valence-corrected chi connectivity index (χ3v) is 5.81. The highest BCUT2D eigenvalue weighted by Crippen LogP contribution is 2.26. The van der Waals surface area contributed by atoms with Crippen molar-refractivity contribution in [3.05, 3.63) is 57.4 Å². The number of hydrogen-bond acceptors (Lipinski definition) is 5. The average molecular weight is 416 g/mol. The molecule has 0 atom stereocenters. The molecule has 0 unspecified atom stereocenters. The van der Waals surface area contributed by atoms with E-state index in [2.05, 4.69) is 10.5 Å². The molecule has 144 valence electrons. The molecule has 6 nitrogen and oxygen atoms in total. The number of piperidine rings is 1. The quantitative estimate of drug-likeness (QED) is 0.665. The largest absolute Gasteiger partial charge is 0.359 e. The SMILES string of the molecule is O=C(NCc1cc(-c2ccc(N3CCCCC3=O)cc2)no1)c1ccc(Cl)s1. The number of rotatable bonds is 5. The summed E-state index contributed by atoms with van der Waals surface area (Å²) in [5.41, 5.74) is 2.47. The molecule has 1 N–H and O–H groups in total. The van der Waals surface area contributed by atoms with Crippen LogP contribution in [-0.2, 0) is 11.3 Å². The number of benzene rings is 1. The maximum Gasteiger partial charge on any atom is 0.261 e. The van der Waals surface area contributed by atoms with E-state index in [4.69, 9.17) is 16.1 Å². The van der Waals surface area contributed by atoms with Gasteiger partial charge < -0.3 is 14.7 Å². The van der Waals surface area contributed by atoms with E-state index < -0.39 is 0 Å². The predicted octanol–water partition coefficient (Wildman–Crippen LogP) is 4.50. The smallest absolute Gasteiger partial charge is 0.261 e. The minimum Gasteiger partial charge on any atom is -0.359 e. The lowest BCUT2D eigenvalue weighted by Crippen LogP contribution is -2.35. The molecule has 2 amide bonds. The zero-order valence-corrected chi connectivity index (χ0v) is 16.6. The third kappa shape index (κ3) is 4.10. The fourth-order valence-electron chi connectivity index (χ4n) is 3.11. The van der Waals surface area contributed by atoms with E-state index in [0.717, 1.165) is 30.6 Å². The molecule has 0 radical (unpaired) electrons. The van der Waals surface area contributed by atoms with E-state index >= 15 is 0 Å². The maximum absolute atomic E-state index is 12.1. The van der Waals surface area contributed by atoms with Gasteiger partial charge in [-0.05, 0) is 37.1 Å². The van der Waals surface area contributed by atoms with Crippen LogP contribution in [-0.4, -0.2) is 23.5 Å². The molecular formula is C20H18ClN3O3S. The minimum atomic E-state index is -0.203. The highest BCUT2D eigenvalue weighted by molar-refractivity contribution is 7.17. The molecular weight excluding hydrogens is 398 g/mol. The van der Waals surface area contributed by atoms with E-state index in [1.165, 1.54) is 11.3 Å². The van der Waals surface area contributed by atoms with Crippen LogP contribution in [0, 0.1) is 0 Å². The number of carbonyl (C=O) groups excluding carboxylic acids is 2. The first-order chi connectivity index (χ1) is 13.6. The van der Waals surface area contributed by atoms with Gasteiger partial charge in [0.15, 0.2) is 5.76 Å². The van der Waals surface area contributed by atoms with Crippen LogP contribution >= 0.6 is 22.9 Å². The number of thiophene rings is 1. The Bertz CT molecular complexity index is 996. The number of amides is 2. The van der Waals surface area contributed by atoms with Gasteiger partial charge in [-0.3, -0.25) is 9.59 Å². The molecule has 0 saturated carbocycles. The van der Waals surface area contributed by atoms with Crippen molar-refractivity contribution < 1.29 is 14.1 Å². The number of aromatic nitrogens is 1. The van der Waals surface area contributed by atoms with Crippen LogP contribution in [0.2, 0.25) is 4.34 Å². The van der Waals surface area contributed by atoms with E-state index in [0.29, 0.717) is 27.1 Å². The first-order valence-corrected chi connectivity index (χ1v) is 10.2. The molecule has 0 spiro atoms. The zero-order chi connectivity index (χ0) is 19.5. The van der Waals surface area contributed by atoms with Gasteiger partial charge in [0.2, 0.25) is 5.91 Å². The predicted molar refractivity (Wildman–Crippen MR) is 109 cm³/mol. The van der Waals surface area contributed by atoms with Gasteiger partial charge in [-0.15, -0.1) is 11.3 Å². The summed E-state index contributed by atoms with van der Waals surface area (Å²) in [7, 11) is 0. The second-order valence-corrected chi connectivity index (χ2v) is 8.23. The summed E-state index contributed by atoms with van der Waals surface area (Å²) in [6, 6.07) is 12.9. The first-order valence-electron chi connectivity index (χ1n) is 9.00. The number of nitrogens with zero attached hydrogens (tertiary/aromatic N) is 2. The number of nitrogens with one attached hydrogen (secondary N) is 1. The molecule has 0 bridgehead atoms. The van der Waals surface area contributed by atoms with Gasteiger partial charge in [0.25, 0.3) is 5.91 Å². The molecule has 1 saturated heterocycles. The molecule has 1 aliphatic heterocycles. The molecule has 0 aliphatic carbocycles. The van der Waals surface area contributed by atoms with Gasteiger partial charge in [-0.25, -0.2) is 0 Å². The molecule has 3 heterocycles. The van der Waals surface area contributed by atoms with Gasteiger partial charge in [0.1, 0.15) is 5.69 Å². The Hall–Kier alpha value is -2.64. The van der Waals surface area contributed by atoms with Crippen molar-refractivity contribution in [3.63, 3.8) is 0 Å². The molecule has 4 rings (SSSR count). The highest BCUT2D eigenvalue weighted by Gasteiger charge is 2.19. The summed E-state index contributed by atoms with van der Waals surface area (Å²) < 4.78 is 5.89. The Balaban J connectivity index is 1.39. The Kier molecular flexibility index (Phi) is 5.45. The fourth-order valence-corrected chi connectivity index (χ4v) is 4.07. The highest BCUT2D eigenvalue weighted by atomic mass is 35.5. The van der Waals surface area contributed by atoms with Gasteiger partial charge in [-0.2, -0.15) is 0 Å². The summed E-state index contributed by atoms with van der Waals surface area (Å²) in [4.78, 5) is 26.5. The van der Waals surface area contributed by atoms with Crippen LogP contribution in [0.1, 0.15) is 34.7 Å². The Morgan fingerprint density at radius 1 is 1.21 bits per heavy atom. The number of carbonyl (C=O) groups is 2. The Morgan fingerprint density at radius 2 is 2.04 bits per heavy atom. The lowest BCUT2D eigenvalue weighted by Gasteiger charge is -2.26. The standard InChI is InChI=1S/C20H18ClN3O3S/c21-18-9-8-17(28-18)20(26)22-12-15-11-16(23-27-15)13-4-6-14(7-5-13)24-10-2-1-3-19(24)25/h4-9,11H,1-3,10,12H2,(H,22,26). The van der Waals surface area contributed by atoms with Crippen LogP contribution in [0.5, 0.6) is 0 Å². The summed E-state index contributed by atoms with van der Waals surface area (Å²) in [5.74, 6) is 0.525.